The van der Waals surface area contributed by atoms with E-state index in [4.69, 9.17) is 24.2 Å². The molecule has 5 rings (SSSR count). The lowest BCUT2D eigenvalue weighted by Crippen LogP contribution is -2.40. The van der Waals surface area contributed by atoms with E-state index in [0.29, 0.717) is 37.9 Å². The zero-order chi connectivity index (χ0) is 25.1. The normalized spacial score (nSPS) is 18.2. The minimum absolute atomic E-state index is 0.204. The first kappa shape index (κ1) is 24.1. The quantitative estimate of drug-likeness (QED) is 0.366. The number of ether oxygens (including phenoxy) is 3. The fourth-order valence-electron chi connectivity index (χ4n) is 4.43. The molecule has 0 saturated carbocycles. The van der Waals surface area contributed by atoms with Crippen molar-refractivity contribution in [1.82, 2.24) is 19.9 Å². The number of hydrogen-bond donors (Lipinski definition) is 0. The average molecular weight is 510 g/mol. The van der Waals surface area contributed by atoms with Gasteiger partial charge in [-0.2, -0.15) is 0 Å². The van der Waals surface area contributed by atoms with Crippen LogP contribution in [0.25, 0.3) is 27.7 Å². The summed E-state index contributed by atoms with van der Waals surface area (Å²) in [5, 5.41) is 0. The van der Waals surface area contributed by atoms with Crippen LogP contribution in [0.2, 0.25) is 0 Å². The number of carbonyl (C=O) groups excluding carboxylic acids is 2. The number of amides is 1. The van der Waals surface area contributed by atoms with Gasteiger partial charge in [0.15, 0.2) is 11.6 Å². The third kappa shape index (κ3) is 4.89. The Morgan fingerprint density at radius 3 is 2.72 bits per heavy atom. The molecule has 3 aromatic rings. The van der Waals surface area contributed by atoms with E-state index in [-0.39, 0.29) is 11.9 Å². The smallest absolute Gasteiger partial charge is 0.328 e. The first-order valence-corrected chi connectivity index (χ1v) is 12.6. The number of likely N-dealkylation sites (tertiary alicyclic amines) is 1. The lowest BCUT2D eigenvalue weighted by molar-refractivity contribution is -0.149. The molecule has 0 spiro atoms. The summed E-state index contributed by atoms with van der Waals surface area (Å²) in [5.74, 6) is 1.36. The van der Waals surface area contributed by atoms with Crippen molar-refractivity contribution in [3.05, 3.63) is 35.3 Å². The summed E-state index contributed by atoms with van der Waals surface area (Å²) in [6, 6.07) is 5.10. The second kappa shape index (κ2) is 10.6. The third-order valence-electron chi connectivity index (χ3n) is 6.29. The molecule has 2 fully saturated rings. The summed E-state index contributed by atoms with van der Waals surface area (Å²) in [6.07, 6.45) is 6.39. The molecular formula is C25H27N5O5S. The van der Waals surface area contributed by atoms with Gasteiger partial charge in [0.25, 0.3) is 0 Å². The summed E-state index contributed by atoms with van der Waals surface area (Å²) in [4.78, 5) is 43.5. The molecule has 0 N–H and O–H groups in total. The molecule has 2 aliphatic heterocycles. The first-order valence-electron chi connectivity index (χ1n) is 11.8. The predicted molar refractivity (Wildman–Crippen MR) is 136 cm³/mol. The van der Waals surface area contributed by atoms with Gasteiger partial charge in [-0.3, -0.25) is 4.79 Å². The Morgan fingerprint density at radius 2 is 2.00 bits per heavy atom. The molecule has 188 valence electrons. The van der Waals surface area contributed by atoms with Crippen LogP contribution in [0.1, 0.15) is 17.7 Å². The highest BCUT2D eigenvalue weighted by molar-refractivity contribution is 7.20. The maximum Gasteiger partial charge on any atom is 0.328 e. The standard InChI is InChI=1S/C25H27N5O5S/c1-33-20-7-5-16(15-26-20)23-27-18-14-17(36-22(18)24(28-23)29-10-12-35-13-11-29)6-8-21(31)30-9-3-4-19(30)25(32)34-2/h5-8,14-15,19H,3-4,9-13H2,1-2H3/b8-6+/t19-/m0/s1. The molecule has 0 unspecified atom stereocenters. The molecular weight excluding hydrogens is 482 g/mol. The van der Waals surface area contributed by atoms with E-state index in [9.17, 15) is 9.59 Å². The number of esters is 1. The van der Waals surface area contributed by atoms with E-state index in [1.54, 1.807) is 30.3 Å². The highest BCUT2D eigenvalue weighted by Gasteiger charge is 2.33. The van der Waals surface area contributed by atoms with Crippen LogP contribution >= 0.6 is 11.3 Å². The summed E-state index contributed by atoms with van der Waals surface area (Å²) in [7, 11) is 2.92. The van der Waals surface area contributed by atoms with E-state index < -0.39 is 6.04 Å². The van der Waals surface area contributed by atoms with Gasteiger partial charge < -0.3 is 24.0 Å². The van der Waals surface area contributed by atoms with Gasteiger partial charge in [0.2, 0.25) is 11.8 Å². The maximum absolute atomic E-state index is 12.8. The van der Waals surface area contributed by atoms with Crippen molar-refractivity contribution in [2.75, 3.05) is 52.0 Å². The number of aromatic nitrogens is 3. The summed E-state index contributed by atoms with van der Waals surface area (Å²) < 4.78 is 16.5. The van der Waals surface area contributed by atoms with Gasteiger partial charge in [-0.05, 0) is 31.1 Å². The van der Waals surface area contributed by atoms with Gasteiger partial charge in [0, 0.05) is 48.4 Å². The molecule has 36 heavy (non-hydrogen) atoms. The topological polar surface area (TPSA) is 107 Å². The van der Waals surface area contributed by atoms with Crippen molar-refractivity contribution >= 4 is 45.3 Å². The third-order valence-corrected chi connectivity index (χ3v) is 7.37. The number of morpholine rings is 1. The first-order chi connectivity index (χ1) is 17.6. The zero-order valence-electron chi connectivity index (χ0n) is 20.2. The van der Waals surface area contributed by atoms with Crippen LogP contribution in [-0.4, -0.2) is 84.8 Å². The van der Waals surface area contributed by atoms with Gasteiger partial charge in [-0.1, -0.05) is 0 Å². The molecule has 0 radical (unpaired) electrons. The van der Waals surface area contributed by atoms with Crippen molar-refractivity contribution in [3.63, 3.8) is 0 Å². The molecule has 0 aromatic carbocycles. The highest BCUT2D eigenvalue weighted by Crippen LogP contribution is 2.35. The van der Waals surface area contributed by atoms with Crippen LogP contribution in [0.4, 0.5) is 5.82 Å². The van der Waals surface area contributed by atoms with Gasteiger partial charge >= 0.3 is 5.97 Å². The predicted octanol–water partition coefficient (Wildman–Crippen LogP) is 2.78. The second-order valence-electron chi connectivity index (χ2n) is 8.47. The van der Waals surface area contributed by atoms with E-state index in [0.717, 1.165) is 46.0 Å². The van der Waals surface area contributed by atoms with Gasteiger partial charge in [0.1, 0.15) is 6.04 Å². The summed E-state index contributed by atoms with van der Waals surface area (Å²) in [6.45, 7) is 3.28. The number of fused-ring (bicyclic) bond motifs is 1. The number of hydrogen-bond acceptors (Lipinski definition) is 10. The molecule has 5 heterocycles. The summed E-state index contributed by atoms with van der Waals surface area (Å²) in [5.41, 5.74) is 1.58. The fraction of sp³-hybridized carbons (Fsp3) is 0.400. The van der Waals surface area contributed by atoms with E-state index in [2.05, 4.69) is 9.88 Å². The minimum Gasteiger partial charge on any atom is -0.481 e. The van der Waals surface area contributed by atoms with E-state index >= 15 is 0 Å². The Hall–Kier alpha value is -3.57. The van der Waals surface area contributed by atoms with Gasteiger partial charge in [-0.25, -0.2) is 19.7 Å². The van der Waals surface area contributed by atoms with Crippen LogP contribution in [-0.2, 0) is 19.1 Å². The second-order valence-corrected chi connectivity index (χ2v) is 9.55. The van der Waals surface area contributed by atoms with Crippen molar-refractivity contribution in [2.24, 2.45) is 0 Å². The highest BCUT2D eigenvalue weighted by atomic mass is 32.1. The Morgan fingerprint density at radius 1 is 1.17 bits per heavy atom. The monoisotopic (exact) mass is 509 g/mol. The van der Waals surface area contributed by atoms with Crippen LogP contribution in [0.5, 0.6) is 5.88 Å². The zero-order valence-corrected chi connectivity index (χ0v) is 21.0. The molecule has 0 aliphatic carbocycles. The number of nitrogens with zero attached hydrogens (tertiary/aromatic N) is 5. The number of anilines is 1. The number of pyridine rings is 1. The molecule has 11 heteroatoms. The van der Waals surface area contributed by atoms with Crippen molar-refractivity contribution in [3.8, 4) is 17.3 Å². The largest absolute Gasteiger partial charge is 0.481 e. The Bertz CT molecular complexity index is 1290. The van der Waals surface area contributed by atoms with Gasteiger partial charge in [-0.15, -0.1) is 11.3 Å². The van der Waals surface area contributed by atoms with Crippen LogP contribution in [0.3, 0.4) is 0 Å². The molecule has 3 aromatic heterocycles. The average Bonchev–Trinajstić information content (AvgIpc) is 3.58. The minimum atomic E-state index is -0.519. The molecule has 2 saturated heterocycles. The molecule has 1 amide bonds. The molecule has 2 aliphatic rings. The lowest BCUT2D eigenvalue weighted by Gasteiger charge is -2.28. The number of carbonyl (C=O) groups is 2. The SMILES string of the molecule is COC(=O)[C@@H]1CCCN1C(=O)/C=C/c1cc2nc(-c3ccc(OC)nc3)nc(N3CCOCC3)c2s1. The number of methoxy groups -OCH3 is 2. The van der Waals surface area contributed by atoms with Crippen LogP contribution in [0, 0.1) is 0 Å². The number of thiophene rings is 1. The van der Waals surface area contributed by atoms with Crippen LogP contribution in [0.15, 0.2) is 30.5 Å². The lowest BCUT2D eigenvalue weighted by atomic mass is 10.2. The van der Waals surface area contributed by atoms with Crippen molar-refractivity contribution in [2.45, 2.75) is 18.9 Å². The van der Waals surface area contributed by atoms with Crippen LogP contribution < -0.4 is 9.64 Å². The number of rotatable bonds is 6. The van der Waals surface area contributed by atoms with E-state index in [1.807, 2.05) is 12.1 Å². The Balaban J connectivity index is 1.47. The molecule has 0 bridgehead atoms. The van der Waals surface area contributed by atoms with E-state index in [1.165, 1.54) is 24.5 Å². The fourth-order valence-corrected chi connectivity index (χ4v) is 5.45. The van der Waals surface area contributed by atoms with Crippen molar-refractivity contribution < 1.29 is 23.8 Å². The molecule has 10 nitrogen and oxygen atoms in total. The van der Waals surface area contributed by atoms with Crippen molar-refractivity contribution in [1.29, 1.82) is 0 Å². The Labute approximate surface area is 212 Å². The summed E-state index contributed by atoms with van der Waals surface area (Å²) >= 11 is 1.53. The van der Waals surface area contributed by atoms with Gasteiger partial charge in [0.05, 0.1) is 37.6 Å². The Kier molecular flexibility index (Phi) is 7.10. The maximum atomic E-state index is 12.8. The molecule has 1 atom stereocenters.